The van der Waals surface area contributed by atoms with Crippen molar-refractivity contribution in [1.29, 1.82) is 0 Å². The molecule has 18 heavy (non-hydrogen) atoms. The molecule has 0 atom stereocenters. The number of rotatable bonds is 6. The van der Waals surface area contributed by atoms with E-state index >= 15 is 0 Å². The maximum atomic E-state index is 3.61. The number of halogens is 1. The zero-order valence-electron chi connectivity index (χ0n) is 12.3. The molecule has 0 aromatic carbocycles. The maximum Gasteiger partial charge on any atom is 0.0314 e. The number of hydrogen-bond acceptors (Lipinski definition) is 2. The van der Waals surface area contributed by atoms with E-state index in [0.29, 0.717) is 5.41 Å². The van der Waals surface area contributed by atoms with Crippen molar-refractivity contribution in [1.82, 2.24) is 5.32 Å². The lowest BCUT2D eigenvalue weighted by Crippen LogP contribution is -2.38. The lowest BCUT2D eigenvalue weighted by Gasteiger charge is -2.28. The Morgan fingerprint density at radius 2 is 1.83 bits per heavy atom. The highest BCUT2D eigenvalue weighted by Crippen LogP contribution is 2.31. The van der Waals surface area contributed by atoms with Gasteiger partial charge in [-0.25, -0.2) is 0 Å². The third-order valence-corrected chi connectivity index (χ3v) is 5.16. The monoisotopic (exact) mass is 331 g/mol. The van der Waals surface area contributed by atoms with E-state index in [-0.39, 0.29) is 5.54 Å². The summed E-state index contributed by atoms with van der Waals surface area (Å²) >= 11 is 5.47. The van der Waals surface area contributed by atoms with Crippen LogP contribution in [0.3, 0.4) is 0 Å². The second-order valence-electron chi connectivity index (χ2n) is 6.78. The van der Waals surface area contributed by atoms with E-state index in [9.17, 15) is 0 Å². The first-order chi connectivity index (χ1) is 8.20. The summed E-state index contributed by atoms with van der Waals surface area (Å²) in [7, 11) is 0. The van der Waals surface area contributed by atoms with Gasteiger partial charge in [-0.05, 0) is 79.4 Å². The normalized spacial score (nSPS) is 13.0. The zero-order valence-corrected chi connectivity index (χ0v) is 14.7. The zero-order chi connectivity index (χ0) is 13.8. The van der Waals surface area contributed by atoms with Crippen molar-refractivity contribution in [2.45, 2.75) is 59.4 Å². The number of hydrogen-bond donors (Lipinski definition) is 1. The van der Waals surface area contributed by atoms with Gasteiger partial charge in [0.05, 0.1) is 0 Å². The Morgan fingerprint density at radius 1 is 1.17 bits per heavy atom. The van der Waals surface area contributed by atoms with Crippen LogP contribution in [0.5, 0.6) is 0 Å². The van der Waals surface area contributed by atoms with Crippen LogP contribution in [-0.4, -0.2) is 12.1 Å². The van der Waals surface area contributed by atoms with Gasteiger partial charge >= 0.3 is 0 Å². The highest BCUT2D eigenvalue weighted by molar-refractivity contribution is 9.10. The fourth-order valence-corrected chi connectivity index (χ4v) is 3.41. The van der Waals surface area contributed by atoms with E-state index in [0.717, 1.165) is 6.54 Å². The van der Waals surface area contributed by atoms with Gasteiger partial charge in [-0.2, -0.15) is 0 Å². The highest BCUT2D eigenvalue weighted by atomic mass is 79.9. The van der Waals surface area contributed by atoms with E-state index in [1.807, 2.05) is 11.3 Å². The molecule has 3 heteroatoms. The second-order valence-corrected chi connectivity index (χ2v) is 8.64. The van der Waals surface area contributed by atoms with Crippen molar-refractivity contribution in [3.63, 3.8) is 0 Å². The summed E-state index contributed by atoms with van der Waals surface area (Å²) in [6.07, 6.45) is 3.66. The topological polar surface area (TPSA) is 12.0 Å². The van der Waals surface area contributed by atoms with Gasteiger partial charge in [0.25, 0.3) is 0 Å². The molecule has 0 saturated heterocycles. The predicted molar refractivity (Wildman–Crippen MR) is 86.5 cm³/mol. The summed E-state index contributed by atoms with van der Waals surface area (Å²) in [5.41, 5.74) is 0.633. The van der Waals surface area contributed by atoms with Crippen LogP contribution in [0, 0.1) is 5.41 Å². The second kappa shape index (κ2) is 6.53. The van der Waals surface area contributed by atoms with Crippen LogP contribution in [0.25, 0.3) is 0 Å². The first-order valence-corrected chi connectivity index (χ1v) is 8.34. The molecule has 1 N–H and O–H groups in total. The quantitative estimate of drug-likeness (QED) is 0.750. The van der Waals surface area contributed by atoms with Crippen molar-refractivity contribution in [2.75, 3.05) is 6.54 Å². The lowest BCUT2D eigenvalue weighted by molar-refractivity contribution is 0.285. The van der Waals surface area contributed by atoms with E-state index < -0.39 is 0 Å². The Kier molecular flexibility index (Phi) is 5.88. The summed E-state index contributed by atoms with van der Waals surface area (Å²) in [6.45, 7) is 12.5. The van der Waals surface area contributed by atoms with Crippen LogP contribution in [0.2, 0.25) is 0 Å². The SMILES string of the molecule is CC(C)(CCNC(C)(C)C)CCc1sccc1Br. The maximum absolute atomic E-state index is 3.61. The molecule has 0 unspecified atom stereocenters. The first kappa shape index (κ1) is 16.2. The molecule has 1 aromatic rings. The molecule has 0 amide bonds. The van der Waals surface area contributed by atoms with Crippen molar-refractivity contribution in [3.8, 4) is 0 Å². The molecule has 0 spiro atoms. The van der Waals surface area contributed by atoms with E-state index in [2.05, 4.69) is 67.3 Å². The summed E-state index contributed by atoms with van der Waals surface area (Å²) in [6, 6.07) is 2.15. The van der Waals surface area contributed by atoms with Crippen LogP contribution in [0.4, 0.5) is 0 Å². The molecule has 1 rings (SSSR count). The molecule has 0 radical (unpaired) electrons. The standard InChI is InChI=1S/C15H26BrNS/c1-14(2,3)17-10-9-15(4,5)8-6-13-12(16)7-11-18-13/h7,11,17H,6,8-10H2,1-5H3. The van der Waals surface area contributed by atoms with Crippen LogP contribution < -0.4 is 5.32 Å². The summed E-state index contributed by atoms with van der Waals surface area (Å²) < 4.78 is 1.27. The molecule has 104 valence electrons. The molecule has 0 aliphatic rings. The highest BCUT2D eigenvalue weighted by Gasteiger charge is 2.19. The molecule has 0 aliphatic carbocycles. The lowest BCUT2D eigenvalue weighted by atomic mass is 9.84. The molecular formula is C15H26BrNS. The Balaban J connectivity index is 2.33. The molecule has 1 nitrogen and oxygen atoms in total. The van der Waals surface area contributed by atoms with Crippen molar-refractivity contribution >= 4 is 27.3 Å². The van der Waals surface area contributed by atoms with E-state index in [4.69, 9.17) is 0 Å². The van der Waals surface area contributed by atoms with Crippen molar-refractivity contribution in [3.05, 3.63) is 20.8 Å². The van der Waals surface area contributed by atoms with Gasteiger partial charge in [-0.1, -0.05) is 13.8 Å². The third kappa shape index (κ3) is 6.35. The fraction of sp³-hybridized carbons (Fsp3) is 0.733. The van der Waals surface area contributed by atoms with Gasteiger partial charge in [-0.3, -0.25) is 0 Å². The Bertz CT molecular complexity index is 363. The van der Waals surface area contributed by atoms with Crippen LogP contribution in [0.15, 0.2) is 15.9 Å². The average Bonchev–Trinajstić information content (AvgIpc) is 2.59. The summed E-state index contributed by atoms with van der Waals surface area (Å²) in [4.78, 5) is 1.48. The Morgan fingerprint density at radius 3 is 2.33 bits per heavy atom. The van der Waals surface area contributed by atoms with Crippen molar-refractivity contribution in [2.24, 2.45) is 5.41 Å². The Hall–Kier alpha value is 0.140. The minimum absolute atomic E-state index is 0.229. The van der Waals surface area contributed by atoms with Gasteiger partial charge in [0.1, 0.15) is 0 Å². The van der Waals surface area contributed by atoms with Gasteiger partial charge in [0, 0.05) is 14.9 Å². The molecule has 1 aromatic heterocycles. The molecule has 0 fully saturated rings. The third-order valence-electron chi connectivity index (χ3n) is 3.18. The van der Waals surface area contributed by atoms with E-state index in [1.165, 1.54) is 28.6 Å². The van der Waals surface area contributed by atoms with Crippen LogP contribution in [0.1, 0.15) is 52.3 Å². The van der Waals surface area contributed by atoms with Gasteiger partial charge in [-0.15, -0.1) is 11.3 Å². The Labute approximate surface area is 125 Å². The minimum atomic E-state index is 0.229. The molecule has 0 bridgehead atoms. The minimum Gasteiger partial charge on any atom is -0.312 e. The number of aryl methyl sites for hydroxylation is 1. The molecule has 0 saturated carbocycles. The average molecular weight is 332 g/mol. The van der Waals surface area contributed by atoms with Crippen LogP contribution >= 0.6 is 27.3 Å². The van der Waals surface area contributed by atoms with E-state index in [1.54, 1.807) is 0 Å². The van der Waals surface area contributed by atoms with Gasteiger partial charge < -0.3 is 5.32 Å². The fourth-order valence-electron chi connectivity index (χ4n) is 1.86. The van der Waals surface area contributed by atoms with Gasteiger partial charge in [0.15, 0.2) is 0 Å². The number of thiophene rings is 1. The molecule has 0 aliphatic heterocycles. The summed E-state index contributed by atoms with van der Waals surface area (Å²) in [5.74, 6) is 0. The smallest absolute Gasteiger partial charge is 0.0314 e. The molecular weight excluding hydrogens is 306 g/mol. The predicted octanol–water partition coefficient (Wildman–Crippen LogP) is 5.25. The summed E-state index contributed by atoms with van der Waals surface area (Å²) in [5, 5.41) is 5.74. The van der Waals surface area contributed by atoms with Crippen LogP contribution in [-0.2, 0) is 6.42 Å². The molecule has 1 heterocycles. The number of nitrogens with one attached hydrogen (secondary N) is 1. The van der Waals surface area contributed by atoms with Gasteiger partial charge in [0.2, 0.25) is 0 Å². The van der Waals surface area contributed by atoms with Crippen molar-refractivity contribution < 1.29 is 0 Å². The largest absolute Gasteiger partial charge is 0.312 e. The first-order valence-electron chi connectivity index (χ1n) is 6.67.